The maximum absolute atomic E-state index is 10.7. The van der Waals surface area contributed by atoms with E-state index in [9.17, 15) is 15.2 Å². The summed E-state index contributed by atoms with van der Waals surface area (Å²) in [5, 5.41) is 19.7. The number of aldehydes is 1. The number of hydrogen-bond donors (Lipinski definition) is 1. The number of ether oxygens (including phenoxy) is 1. The van der Waals surface area contributed by atoms with Crippen molar-refractivity contribution < 1.29 is 14.6 Å². The number of rotatable bonds is 4. The number of nitrogens with zero attached hydrogens (tertiary/aromatic N) is 2. The second kappa shape index (κ2) is 6.04. The number of carbonyl (C=O) groups is 1. The molecule has 106 valence electrons. The molecule has 2 rings (SSSR count). The van der Waals surface area contributed by atoms with Crippen LogP contribution in [0, 0.1) is 11.3 Å². The molecule has 0 atom stereocenters. The lowest BCUT2D eigenvalue weighted by atomic mass is 9.93. The molecule has 1 saturated heterocycles. The molecule has 1 N–H and O–H groups in total. The molecular weight excluding hydrogens is 256 g/mol. The second-order valence-electron chi connectivity index (χ2n) is 5.20. The molecule has 1 aliphatic heterocycles. The Labute approximate surface area is 118 Å². The minimum absolute atomic E-state index is 0.436. The van der Waals surface area contributed by atoms with E-state index >= 15 is 0 Å². The molecule has 0 saturated carbocycles. The Bertz CT molecular complexity index is 530. The summed E-state index contributed by atoms with van der Waals surface area (Å²) in [5.41, 5.74) is 0.845. The van der Waals surface area contributed by atoms with E-state index in [0.29, 0.717) is 43.7 Å². The zero-order valence-electron chi connectivity index (χ0n) is 11.5. The molecule has 0 aromatic heterocycles. The summed E-state index contributed by atoms with van der Waals surface area (Å²) >= 11 is 0. The number of aliphatic hydroxyl groups is 1. The van der Waals surface area contributed by atoms with Gasteiger partial charge in [-0.25, -0.2) is 0 Å². The van der Waals surface area contributed by atoms with Gasteiger partial charge in [-0.3, -0.25) is 4.79 Å². The van der Waals surface area contributed by atoms with Crippen molar-refractivity contribution >= 4 is 12.0 Å². The number of likely N-dealkylation sites (N-methyl/N-ethyl adjacent to an activating group) is 1. The van der Waals surface area contributed by atoms with Crippen molar-refractivity contribution in [2.24, 2.45) is 0 Å². The topological polar surface area (TPSA) is 73.6 Å². The zero-order chi connectivity index (χ0) is 14.6. The van der Waals surface area contributed by atoms with Gasteiger partial charge in [-0.15, -0.1) is 0 Å². The SMILES string of the molecule is CN(CC1(O)CCOCC1)c1ccc(C=O)cc1C#N. The van der Waals surface area contributed by atoms with Crippen LogP contribution in [0.4, 0.5) is 5.69 Å². The first-order chi connectivity index (χ1) is 9.58. The average molecular weight is 274 g/mol. The first-order valence-electron chi connectivity index (χ1n) is 6.58. The van der Waals surface area contributed by atoms with Crippen LogP contribution in [0.1, 0.15) is 28.8 Å². The monoisotopic (exact) mass is 274 g/mol. The predicted octanol–water partition coefficient (Wildman–Crippen LogP) is 1.35. The van der Waals surface area contributed by atoms with Crippen molar-refractivity contribution in [1.29, 1.82) is 5.26 Å². The van der Waals surface area contributed by atoms with Gasteiger partial charge in [-0.1, -0.05) is 0 Å². The van der Waals surface area contributed by atoms with Crippen molar-refractivity contribution in [2.45, 2.75) is 18.4 Å². The lowest BCUT2D eigenvalue weighted by Crippen LogP contribution is -2.45. The van der Waals surface area contributed by atoms with Gasteiger partial charge in [0.05, 0.1) is 16.9 Å². The van der Waals surface area contributed by atoms with Gasteiger partial charge < -0.3 is 14.7 Å². The van der Waals surface area contributed by atoms with E-state index in [1.807, 2.05) is 11.9 Å². The summed E-state index contributed by atoms with van der Waals surface area (Å²) in [6.07, 6.45) is 1.90. The molecule has 5 nitrogen and oxygen atoms in total. The molecular formula is C15H18N2O3. The first-order valence-corrected chi connectivity index (χ1v) is 6.58. The quantitative estimate of drug-likeness (QED) is 0.839. The van der Waals surface area contributed by atoms with E-state index in [1.54, 1.807) is 18.2 Å². The van der Waals surface area contributed by atoms with Gasteiger partial charge in [0.25, 0.3) is 0 Å². The molecule has 0 radical (unpaired) electrons. The van der Waals surface area contributed by atoms with E-state index in [-0.39, 0.29) is 0 Å². The van der Waals surface area contributed by atoms with E-state index < -0.39 is 5.60 Å². The molecule has 0 amide bonds. The normalized spacial score (nSPS) is 17.2. The fourth-order valence-electron chi connectivity index (χ4n) is 2.49. The Morgan fingerprint density at radius 2 is 2.20 bits per heavy atom. The Kier molecular flexibility index (Phi) is 4.38. The molecule has 1 fully saturated rings. The van der Waals surface area contributed by atoms with E-state index in [0.717, 1.165) is 12.0 Å². The van der Waals surface area contributed by atoms with Crippen molar-refractivity contribution in [1.82, 2.24) is 0 Å². The van der Waals surface area contributed by atoms with Crippen LogP contribution in [0.5, 0.6) is 0 Å². The summed E-state index contributed by atoms with van der Waals surface area (Å²) in [7, 11) is 1.84. The fourth-order valence-corrected chi connectivity index (χ4v) is 2.49. The van der Waals surface area contributed by atoms with Crippen LogP contribution < -0.4 is 4.90 Å². The van der Waals surface area contributed by atoms with Crippen LogP contribution in [0.15, 0.2) is 18.2 Å². The zero-order valence-corrected chi connectivity index (χ0v) is 11.5. The number of nitriles is 1. The minimum Gasteiger partial charge on any atom is -0.388 e. The molecule has 1 aliphatic rings. The van der Waals surface area contributed by atoms with Gasteiger partial charge in [0.15, 0.2) is 0 Å². The molecule has 0 unspecified atom stereocenters. The van der Waals surface area contributed by atoms with Crippen LogP contribution in [0.25, 0.3) is 0 Å². The van der Waals surface area contributed by atoms with Crippen LogP contribution in [0.2, 0.25) is 0 Å². The number of anilines is 1. The number of carbonyl (C=O) groups excluding carboxylic acids is 1. The van der Waals surface area contributed by atoms with Crippen LogP contribution in [-0.4, -0.2) is 43.8 Å². The standard InChI is InChI=1S/C15H18N2O3/c1-17(11-15(19)4-6-20-7-5-15)14-3-2-12(10-18)8-13(14)9-16/h2-3,8,10,19H,4-7,11H2,1H3. The highest BCUT2D eigenvalue weighted by atomic mass is 16.5. The van der Waals surface area contributed by atoms with Crippen molar-refractivity contribution in [3.8, 4) is 6.07 Å². The Morgan fingerprint density at radius 1 is 1.50 bits per heavy atom. The van der Waals surface area contributed by atoms with Crippen LogP contribution >= 0.6 is 0 Å². The molecule has 20 heavy (non-hydrogen) atoms. The molecule has 0 spiro atoms. The Hall–Kier alpha value is -1.90. The van der Waals surface area contributed by atoms with Crippen molar-refractivity contribution in [2.75, 3.05) is 31.7 Å². The van der Waals surface area contributed by atoms with E-state index in [1.165, 1.54) is 0 Å². The maximum Gasteiger partial charge on any atom is 0.150 e. The average Bonchev–Trinajstić information content (AvgIpc) is 2.46. The second-order valence-corrected chi connectivity index (χ2v) is 5.20. The third-order valence-corrected chi connectivity index (χ3v) is 3.64. The lowest BCUT2D eigenvalue weighted by molar-refractivity contribution is -0.0572. The highest BCUT2D eigenvalue weighted by Gasteiger charge is 2.31. The minimum atomic E-state index is -0.789. The summed E-state index contributed by atoms with van der Waals surface area (Å²) in [5.74, 6) is 0. The van der Waals surface area contributed by atoms with E-state index in [4.69, 9.17) is 4.74 Å². The highest BCUT2D eigenvalue weighted by Crippen LogP contribution is 2.26. The van der Waals surface area contributed by atoms with Gasteiger partial charge in [-0.2, -0.15) is 5.26 Å². The smallest absolute Gasteiger partial charge is 0.150 e. The lowest BCUT2D eigenvalue weighted by Gasteiger charge is -2.36. The van der Waals surface area contributed by atoms with Gasteiger partial charge >= 0.3 is 0 Å². The van der Waals surface area contributed by atoms with Gasteiger partial charge in [0.1, 0.15) is 12.4 Å². The third-order valence-electron chi connectivity index (χ3n) is 3.64. The van der Waals surface area contributed by atoms with Crippen LogP contribution in [-0.2, 0) is 4.74 Å². The summed E-state index contributed by atoms with van der Waals surface area (Å²) in [6, 6.07) is 7.07. The Balaban J connectivity index is 2.18. The molecule has 1 heterocycles. The third kappa shape index (κ3) is 3.16. The number of benzene rings is 1. The summed E-state index contributed by atoms with van der Waals surface area (Å²) in [6.45, 7) is 1.55. The molecule has 0 aliphatic carbocycles. The van der Waals surface area contributed by atoms with Gasteiger partial charge in [-0.05, 0) is 18.2 Å². The predicted molar refractivity (Wildman–Crippen MR) is 74.8 cm³/mol. The Morgan fingerprint density at radius 3 is 2.80 bits per heavy atom. The maximum atomic E-state index is 10.7. The largest absolute Gasteiger partial charge is 0.388 e. The van der Waals surface area contributed by atoms with Crippen molar-refractivity contribution in [3.63, 3.8) is 0 Å². The summed E-state index contributed by atoms with van der Waals surface area (Å²) < 4.78 is 5.26. The molecule has 0 bridgehead atoms. The highest BCUT2D eigenvalue weighted by molar-refractivity contribution is 5.78. The fraction of sp³-hybridized carbons (Fsp3) is 0.467. The number of hydrogen-bond acceptors (Lipinski definition) is 5. The summed E-state index contributed by atoms with van der Waals surface area (Å²) in [4.78, 5) is 12.6. The molecule has 5 heteroatoms. The van der Waals surface area contributed by atoms with E-state index in [2.05, 4.69) is 6.07 Å². The molecule has 1 aromatic rings. The van der Waals surface area contributed by atoms with Gasteiger partial charge in [0, 0.05) is 45.2 Å². The van der Waals surface area contributed by atoms with Crippen molar-refractivity contribution in [3.05, 3.63) is 29.3 Å². The van der Waals surface area contributed by atoms with Gasteiger partial charge in [0.2, 0.25) is 0 Å². The first kappa shape index (κ1) is 14.5. The van der Waals surface area contributed by atoms with Crippen LogP contribution in [0.3, 0.4) is 0 Å². The molecule has 1 aromatic carbocycles.